The molecule has 1 rings (SSSR count). The molecule has 1 aliphatic heterocycles. The maximum absolute atomic E-state index is 4.40. The fraction of sp³-hybridized carbons (Fsp3) is 1.00. The van der Waals surface area contributed by atoms with Crippen LogP contribution >= 0.6 is 12.6 Å². The highest BCUT2D eigenvalue weighted by molar-refractivity contribution is 7.80. The minimum absolute atomic E-state index is 0.463. The molecule has 60 valence electrons. The maximum atomic E-state index is 4.40. The maximum Gasteiger partial charge on any atom is 0.0504 e. The van der Waals surface area contributed by atoms with Gasteiger partial charge in [-0.15, -0.1) is 0 Å². The van der Waals surface area contributed by atoms with Gasteiger partial charge in [0.15, 0.2) is 0 Å². The van der Waals surface area contributed by atoms with Crippen molar-refractivity contribution in [3.05, 3.63) is 0 Å². The smallest absolute Gasteiger partial charge is 0.0504 e. The van der Waals surface area contributed by atoms with Crippen LogP contribution < -0.4 is 5.32 Å². The zero-order chi connectivity index (χ0) is 7.40. The zero-order valence-electron chi connectivity index (χ0n) is 6.64. The molecule has 0 spiro atoms. The lowest BCUT2D eigenvalue weighted by atomic mass is 10.0. The van der Waals surface area contributed by atoms with Crippen molar-refractivity contribution >= 4 is 12.6 Å². The monoisotopic (exact) mass is 159 g/mol. The summed E-state index contributed by atoms with van der Waals surface area (Å²) >= 11 is 4.40. The molecule has 1 saturated heterocycles. The Morgan fingerprint density at radius 1 is 1.50 bits per heavy atom. The zero-order valence-corrected chi connectivity index (χ0v) is 7.53. The van der Waals surface area contributed by atoms with E-state index in [9.17, 15) is 0 Å². The second-order valence-corrected chi connectivity index (χ2v) is 3.72. The van der Waals surface area contributed by atoms with Gasteiger partial charge in [0.2, 0.25) is 0 Å². The van der Waals surface area contributed by atoms with Crippen molar-refractivity contribution < 1.29 is 0 Å². The van der Waals surface area contributed by atoms with Crippen molar-refractivity contribution in [3.63, 3.8) is 0 Å². The van der Waals surface area contributed by atoms with Crippen LogP contribution in [0.5, 0.6) is 0 Å². The van der Waals surface area contributed by atoms with Crippen molar-refractivity contribution in [1.29, 1.82) is 0 Å². The van der Waals surface area contributed by atoms with E-state index in [1.807, 2.05) is 0 Å². The average Bonchev–Trinajstić information content (AvgIpc) is 1.88. The van der Waals surface area contributed by atoms with Crippen molar-refractivity contribution in [3.8, 4) is 0 Å². The van der Waals surface area contributed by atoms with E-state index in [1.54, 1.807) is 0 Å². The molecule has 1 aliphatic rings. The summed E-state index contributed by atoms with van der Waals surface area (Å²) < 4.78 is 0. The molecule has 0 aromatic rings. The minimum atomic E-state index is 0.463. The van der Waals surface area contributed by atoms with Gasteiger partial charge in [-0.2, -0.15) is 12.6 Å². The van der Waals surface area contributed by atoms with Crippen LogP contribution in [-0.2, 0) is 0 Å². The third-order valence-electron chi connectivity index (χ3n) is 2.10. The molecular weight excluding hydrogens is 142 g/mol. The number of thiol groups is 1. The van der Waals surface area contributed by atoms with Crippen LogP contribution in [0, 0.1) is 0 Å². The number of nitrogens with one attached hydrogen (secondary N) is 1. The Labute approximate surface area is 69.0 Å². The Morgan fingerprint density at radius 2 is 2.30 bits per heavy atom. The van der Waals surface area contributed by atoms with Crippen LogP contribution in [0.4, 0.5) is 0 Å². The molecule has 0 radical (unpaired) electrons. The molecule has 2 unspecified atom stereocenters. The molecule has 2 atom stereocenters. The number of hydrogen-bond acceptors (Lipinski definition) is 2. The van der Waals surface area contributed by atoms with Crippen molar-refractivity contribution in [1.82, 2.24) is 5.32 Å². The molecule has 1 heterocycles. The van der Waals surface area contributed by atoms with E-state index in [2.05, 4.69) is 24.9 Å². The molecule has 0 saturated carbocycles. The molecule has 10 heavy (non-hydrogen) atoms. The van der Waals surface area contributed by atoms with Crippen LogP contribution in [0.25, 0.3) is 0 Å². The van der Waals surface area contributed by atoms with Crippen molar-refractivity contribution in [2.75, 3.05) is 0 Å². The van der Waals surface area contributed by atoms with E-state index < -0.39 is 0 Å². The standard InChI is InChI=1S/C8H17NS/c1-2-4-7-5-3-6-8(10)9-7/h7-10H,2-6H2,1H3. The Hall–Kier alpha value is 0.310. The average molecular weight is 159 g/mol. The Balaban J connectivity index is 2.18. The SMILES string of the molecule is CCCC1CCCC(S)N1. The summed E-state index contributed by atoms with van der Waals surface area (Å²) in [7, 11) is 0. The molecule has 1 N–H and O–H groups in total. The highest BCUT2D eigenvalue weighted by Crippen LogP contribution is 2.17. The fourth-order valence-corrected chi connectivity index (χ4v) is 1.97. The normalized spacial score (nSPS) is 34.2. The summed E-state index contributed by atoms with van der Waals surface area (Å²) in [5.41, 5.74) is 0. The lowest BCUT2D eigenvalue weighted by Gasteiger charge is -2.27. The topological polar surface area (TPSA) is 12.0 Å². The third kappa shape index (κ3) is 2.51. The molecule has 0 amide bonds. The highest BCUT2D eigenvalue weighted by Gasteiger charge is 2.16. The van der Waals surface area contributed by atoms with Gasteiger partial charge in [0.25, 0.3) is 0 Å². The van der Waals surface area contributed by atoms with Crippen LogP contribution in [0.2, 0.25) is 0 Å². The summed E-state index contributed by atoms with van der Waals surface area (Å²) in [6, 6.07) is 0.751. The van der Waals surface area contributed by atoms with E-state index in [-0.39, 0.29) is 0 Å². The van der Waals surface area contributed by atoms with Crippen LogP contribution in [0.1, 0.15) is 39.0 Å². The number of piperidine rings is 1. The first-order valence-corrected chi connectivity index (χ1v) is 4.78. The molecule has 0 bridgehead atoms. The lowest BCUT2D eigenvalue weighted by molar-refractivity contribution is 0.363. The first-order chi connectivity index (χ1) is 4.83. The second kappa shape index (κ2) is 4.24. The predicted molar refractivity (Wildman–Crippen MR) is 48.5 cm³/mol. The van der Waals surface area contributed by atoms with E-state index in [1.165, 1.54) is 32.1 Å². The summed E-state index contributed by atoms with van der Waals surface area (Å²) in [4.78, 5) is 0. The fourth-order valence-electron chi connectivity index (χ4n) is 1.57. The summed E-state index contributed by atoms with van der Waals surface area (Å²) in [6.07, 6.45) is 6.55. The summed E-state index contributed by atoms with van der Waals surface area (Å²) in [5.74, 6) is 0. The lowest BCUT2D eigenvalue weighted by Crippen LogP contribution is -2.38. The van der Waals surface area contributed by atoms with Gasteiger partial charge in [-0.25, -0.2) is 0 Å². The van der Waals surface area contributed by atoms with Gasteiger partial charge < -0.3 is 5.32 Å². The van der Waals surface area contributed by atoms with Gasteiger partial charge in [-0.05, 0) is 25.7 Å². The van der Waals surface area contributed by atoms with Crippen LogP contribution in [-0.4, -0.2) is 11.4 Å². The Morgan fingerprint density at radius 3 is 2.90 bits per heavy atom. The predicted octanol–water partition coefficient (Wildman–Crippen LogP) is 2.18. The number of hydrogen-bond donors (Lipinski definition) is 2. The largest absolute Gasteiger partial charge is 0.303 e. The van der Waals surface area contributed by atoms with Crippen LogP contribution in [0.3, 0.4) is 0 Å². The van der Waals surface area contributed by atoms with Gasteiger partial charge in [0, 0.05) is 6.04 Å². The van der Waals surface area contributed by atoms with E-state index in [4.69, 9.17) is 0 Å². The molecular formula is C8H17NS. The van der Waals surface area contributed by atoms with E-state index in [0.717, 1.165) is 6.04 Å². The Bertz CT molecular complexity index is 93.3. The molecule has 1 nitrogen and oxygen atoms in total. The first kappa shape index (κ1) is 8.41. The highest BCUT2D eigenvalue weighted by atomic mass is 32.1. The molecule has 2 heteroatoms. The Kier molecular flexibility index (Phi) is 3.57. The summed E-state index contributed by atoms with van der Waals surface area (Å²) in [6.45, 7) is 2.24. The van der Waals surface area contributed by atoms with Gasteiger partial charge >= 0.3 is 0 Å². The van der Waals surface area contributed by atoms with E-state index >= 15 is 0 Å². The minimum Gasteiger partial charge on any atom is -0.303 e. The summed E-state index contributed by atoms with van der Waals surface area (Å²) in [5, 5.41) is 3.94. The van der Waals surface area contributed by atoms with Gasteiger partial charge in [0.1, 0.15) is 0 Å². The van der Waals surface area contributed by atoms with Gasteiger partial charge in [0.05, 0.1) is 5.37 Å². The number of rotatable bonds is 2. The van der Waals surface area contributed by atoms with Crippen LogP contribution in [0.15, 0.2) is 0 Å². The van der Waals surface area contributed by atoms with E-state index in [0.29, 0.717) is 5.37 Å². The first-order valence-electron chi connectivity index (χ1n) is 4.27. The van der Waals surface area contributed by atoms with Gasteiger partial charge in [-0.3, -0.25) is 0 Å². The van der Waals surface area contributed by atoms with Crippen molar-refractivity contribution in [2.45, 2.75) is 50.4 Å². The van der Waals surface area contributed by atoms with Gasteiger partial charge in [-0.1, -0.05) is 13.3 Å². The third-order valence-corrected chi connectivity index (χ3v) is 2.50. The molecule has 0 aromatic carbocycles. The van der Waals surface area contributed by atoms with Crippen molar-refractivity contribution in [2.24, 2.45) is 0 Å². The molecule has 0 aliphatic carbocycles. The quantitative estimate of drug-likeness (QED) is 0.589. The second-order valence-electron chi connectivity index (χ2n) is 3.10. The molecule has 0 aromatic heterocycles. The molecule has 1 fully saturated rings.